The number of nitrogens with two attached hydrogens (primary N) is 1. The third-order valence-electron chi connectivity index (χ3n) is 4.83. The van der Waals surface area contributed by atoms with E-state index in [1.54, 1.807) is 0 Å². The number of hydrogen-bond donors (Lipinski definition) is 1. The minimum Gasteiger partial charge on any atom is -0.326 e. The summed E-state index contributed by atoms with van der Waals surface area (Å²) in [4.78, 5) is 2.44. The summed E-state index contributed by atoms with van der Waals surface area (Å²) in [5.74, 6) is 0.954. The first-order valence-corrected chi connectivity index (χ1v) is 7.08. The Morgan fingerprint density at radius 1 is 1.12 bits per heavy atom. The van der Waals surface area contributed by atoms with Gasteiger partial charge in [0, 0.05) is 11.6 Å². The first-order chi connectivity index (χ1) is 7.65. The smallest absolute Gasteiger partial charge is 0.0354 e. The lowest BCUT2D eigenvalue weighted by atomic mass is 9.79. The van der Waals surface area contributed by atoms with Crippen molar-refractivity contribution in [1.29, 1.82) is 0 Å². The van der Waals surface area contributed by atoms with Crippen molar-refractivity contribution in [3.05, 3.63) is 0 Å². The van der Waals surface area contributed by atoms with E-state index < -0.39 is 0 Å². The van der Waals surface area contributed by atoms with E-state index in [2.05, 4.69) is 19.0 Å². The first-order valence-electron chi connectivity index (χ1n) is 7.08. The molecule has 0 amide bonds. The number of rotatable bonds is 4. The van der Waals surface area contributed by atoms with Crippen molar-refractivity contribution >= 4 is 0 Å². The summed E-state index contributed by atoms with van der Waals surface area (Å²) in [5.41, 5.74) is 6.86. The van der Waals surface area contributed by atoms with Crippen molar-refractivity contribution in [3.8, 4) is 0 Å². The van der Waals surface area contributed by atoms with Crippen LogP contribution < -0.4 is 5.73 Å². The van der Waals surface area contributed by atoms with Gasteiger partial charge in [0.1, 0.15) is 0 Å². The molecule has 0 aliphatic heterocycles. The monoisotopic (exact) mass is 224 g/mol. The van der Waals surface area contributed by atoms with Gasteiger partial charge in [-0.25, -0.2) is 0 Å². The second-order valence-corrected chi connectivity index (χ2v) is 6.20. The summed E-state index contributed by atoms with van der Waals surface area (Å²) in [6.45, 7) is 0. The van der Waals surface area contributed by atoms with E-state index in [1.165, 1.54) is 57.8 Å². The van der Waals surface area contributed by atoms with Gasteiger partial charge in [0.05, 0.1) is 0 Å². The summed E-state index contributed by atoms with van der Waals surface area (Å²) >= 11 is 0. The van der Waals surface area contributed by atoms with Crippen LogP contribution in [-0.4, -0.2) is 30.6 Å². The first kappa shape index (κ1) is 12.4. The van der Waals surface area contributed by atoms with Crippen molar-refractivity contribution < 1.29 is 0 Å². The Labute approximate surface area is 101 Å². The fourth-order valence-electron chi connectivity index (χ4n) is 3.42. The van der Waals surface area contributed by atoms with Crippen molar-refractivity contribution in [3.63, 3.8) is 0 Å². The van der Waals surface area contributed by atoms with E-state index in [0.29, 0.717) is 11.6 Å². The largest absolute Gasteiger partial charge is 0.326 e. The van der Waals surface area contributed by atoms with Crippen LogP contribution in [0.3, 0.4) is 0 Å². The molecule has 1 unspecified atom stereocenters. The number of likely N-dealkylation sites (N-methyl/N-ethyl adjacent to an activating group) is 1. The summed E-state index contributed by atoms with van der Waals surface area (Å²) in [7, 11) is 4.47. The number of nitrogens with zero attached hydrogens (tertiary/aromatic N) is 1. The maximum absolute atomic E-state index is 6.55. The molecule has 1 atom stereocenters. The number of hydrogen-bond acceptors (Lipinski definition) is 2. The molecule has 0 heterocycles. The molecule has 2 nitrogen and oxygen atoms in total. The molecule has 0 saturated heterocycles. The molecule has 0 radical (unpaired) electrons. The zero-order valence-corrected chi connectivity index (χ0v) is 11.0. The van der Waals surface area contributed by atoms with Crippen molar-refractivity contribution in [2.75, 3.05) is 14.1 Å². The molecule has 2 rings (SSSR count). The SMILES string of the molecule is CN(C)C1(C(N)CC2CC2)CCCCCC1. The van der Waals surface area contributed by atoms with E-state index in [4.69, 9.17) is 5.73 Å². The summed E-state index contributed by atoms with van der Waals surface area (Å²) in [5, 5.41) is 0. The zero-order chi connectivity index (χ0) is 11.6. The molecule has 2 heteroatoms. The van der Waals surface area contributed by atoms with E-state index in [0.717, 1.165) is 5.92 Å². The molecule has 2 aliphatic carbocycles. The second kappa shape index (κ2) is 5.05. The molecular formula is C14H28N2. The zero-order valence-electron chi connectivity index (χ0n) is 11.0. The molecule has 0 aromatic carbocycles. The van der Waals surface area contributed by atoms with Gasteiger partial charge in [0.25, 0.3) is 0 Å². The Kier molecular flexibility index (Phi) is 3.91. The highest BCUT2D eigenvalue weighted by Crippen LogP contribution is 2.40. The van der Waals surface area contributed by atoms with Gasteiger partial charge in [0.2, 0.25) is 0 Å². The Bertz CT molecular complexity index is 213. The molecule has 0 aromatic heterocycles. The van der Waals surface area contributed by atoms with Crippen LogP contribution in [0, 0.1) is 5.92 Å². The molecule has 0 aromatic rings. The highest BCUT2D eigenvalue weighted by molar-refractivity contribution is 5.00. The van der Waals surface area contributed by atoms with E-state index in [1.807, 2.05) is 0 Å². The summed E-state index contributed by atoms with van der Waals surface area (Å²) in [6, 6.07) is 0.396. The lowest BCUT2D eigenvalue weighted by molar-refractivity contribution is 0.0909. The molecule has 0 spiro atoms. The van der Waals surface area contributed by atoms with E-state index in [9.17, 15) is 0 Å². The Morgan fingerprint density at radius 3 is 2.12 bits per heavy atom. The minimum absolute atomic E-state index is 0.305. The average molecular weight is 224 g/mol. The highest BCUT2D eigenvalue weighted by Gasteiger charge is 2.41. The van der Waals surface area contributed by atoms with Crippen LogP contribution in [0.25, 0.3) is 0 Å². The minimum atomic E-state index is 0.305. The maximum atomic E-state index is 6.55. The summed E-state index contributed by atoms with van der Waals surface area (Å²) in [6.07, 6.45) is 12.3. The van der Waals surface area contributed by atoms with Crippen molar-refractivity contribution in [2.45, 2.75) is 69.4 Å². The van der Waals surface area contributed by atoms with Crippen molar-refractivity contribution in [2.24, 2.45) is 11.7 Å². The van der Waals surface area contributed by atoms with Crippen LogP contribution in [0.5, 0.6) is 0 Å². The van der Waals surface area contributed by atoms with Gasteiger partial charge in [-0.3, -0.25) is 0 Å². The molecule has 16 heavy (non-hydrogen) atoms. The molecule has 2 saturated carbocycles. The van der Waals surface area contributed by atoms with Crippen LogP contribution in [-0.2, 0) is 0 Å². The molecule has 2 fully saturated rings. The second-order valence-electron chi connectivity index (χ2n) is 6.20. The van der Waals surface area contributed by atoms with Gasteiger partial charge >= 0.3 is 0 Å². The van der Waals surface area contributed by atoms with Gasteiger partial charge in [-0.15, -0.1) is 0 Å². The van der Waals surface area contributed by atoms with Crippen molar-refractivity contribution in [1.82, 2.24) is 4.90 Å². The molecule has 2 N–H and O–H groups in total. The van der Waals surface area contributed by atoms with E-state index in [-0.39, 0.29) is 0 Å². The van der Waals surface area contributed by atoms with Crippen LogP contribution in [0.15, 0.2) is 0 Å². The Hall–Kier alpha value is -0.0800. The fourth-order valence-corrected chi connectivity index (χ4v) is 3.42. The predicted octanol–water partition coefficient (Wildman–Crippen LogP) is 2.77. The maximum Gasteiger partial charge on any atom is 0.0354 e. The highest BCUT2D eigenvalue weighted by atomic mass is 15.2. The van der Waals surface area contributed by atoms with Crippen LogP contribution in [0.4, 0.5) is 0 Å². The van der Waals surface area contributed by atoms with Crippen LogP contribution in [0.1, 0.15) is 57.8 Å². The van der Waals surface area contributed by atoms with Gasteiger partial charge < -0.3 is 10.6 Å². The van der Waals surface area contributed by atoms with Gasteiger partial charge in [0.15, 0.2) is 0 Å². The third-order valence-corrected chi connectivity index (χ3v) is 4.83. The molecular weight excluding hydrogens is 196 g/mol. The topological polar surface area (TPSA) is 29.3 Å². The third kappa shape index (κ3) is 2.60. The van der Waals surface area contributed by atoms with Gasteiger partial charge in [-0.2, -0.15) is 0 Å². The Balaban J connectivity index is 2.04. The Morgan fingerprint density at radius 2 is 1.69 bits per heavy atom. The fraction of sp³-hybridized carbons (Fsp3) is 1.00. The van der Waals surface area contributed by atoms with Crippen LogP contribution in [0.2, 0.25) is 0 Å². The van der Waals surface area contributed by atoms with E-state index >= 15 is 0 Å². The molecule has 94 valence electrons. The average Bonchev–Trinajstić information content (AvgIpc) is 3.02. The standard InChI is InChI=1S/C14H28N2/c1-16(2)14(9-5-3-4-6-10-14)13(15)11-12-7-8-12/h12-13H,3-11,15H2,1-2H3. The summed E-state index contributed by atoms with van der Waals surface area (Å²) < 4.78 is 0. The lowest BCUT2D eigenvalue weighted by Crippen LogP contribution is -2.57. The predicted molar refractivity (Wildman–Crippen MR) is 69.4 cm³/mol. The quantitative estimate of drug-likeness (QED) is 0.744. The van der Waals surface area contributed by atoms with Crippen LogP contribution >= 0.6 is 0 Å². The lowest BCUT2D eigenvalue weighted by Gasteiger charge is -2.44. The molecule has 0 bridgehead atoms. The molecule has 2 aliphatic rings. The van der Waals surface area contributed by atoms with Gasteiger partial charge in [-0.1, -0.05) is 38.5 Å². The van der Waals surface area contributed by atoms with Gasteiger partial charge in [-0.05, 0) is 39.3 Å². The normalized spacial score (nSPS) is 27.8.